The molecular weight excluding hydrogens is 451 g/mol. The lowest BCUT2D eigenvalue weighted by atomic mass is 10.1. The van der Waals surface area contributed by atoms with Gasteiger partial charge in [-0.3, -0.25) is 4.98 Å². The summed E-state index contributed by atoms with van der Waals surface area (Å²) in [6.45, 7) is 0.781. The molecule has 0 spiro atoms. The minimum absolute atomic E-state index is 0.230. The fourth-order valence-corrected chi connectivity index (χ4v) is 3.26. The predicted molar refractivity (Wildman–Crippen MR) is 121 cm³/mol. The number of aromatic carboxylic acids is 1. The predicted octanol–water partition coefficient (Wildman–Crippen LogP) is 5.16. The van der Waals surface area contributed by atoms with Crippen molar-refractivity contribution in [2.75, 3.05) is 11.9 Å². The molecule has 0 bridgehead atoms. The number of hydrogen-bond acceptors (Lipinski definition) is 5. The van der Waals surface area contributed by atoms with Crippen molar-refractivity contribution < 1.29 is 33.0 Å². The Bertz CT molecular complexity index is 1310. The van der Waals surface area contributed by atoms with Crippen molar-refractivity contribution in [2.45, 2.75) is 19.0 Å². The summed E-state index contributed by atoms with van der Waals surface area (Å²) in [5.41, 5.74) is 2.19. The van der Waals surface area contributed by atoms with E-state index in [1.165, 1.54) is 5.56 Å². The molecule has 2 heterocycles. The number of alkyl halides is 3. The maximum atomic E-state index is 11.3. The Balaban J connectivity index is 0.000000406. The molecule has 0 amide bonds. The first-order valence-electron chi connectivity index (χ1n) is 10.2. The number of pyridine rings is 2. The van der Waals surface area contributed by atoms with Gasteiger partial charge < -0.3 is 15.5 Å². The van der Waals surface area contributed by atoms with E-state index in [0.29, 0.717) is 5.52 Å². The Morgan fingerprint density at radius 1 is 0.941 bits per heavy atom. The van der Waals surface area contributed by atoms with Crippen molar-refractivity contribution in [3.05, 3.63) is 78.1 Å². The summed E-state index contributed by atoms with van der Waals surface area (Å²) in [7, 11) is 0. The molecule has 0 saturated heterocycles. The highest BCUT2D eigenvalue weighted by molar-refractivity contribution is 6.10. The molecule has 3 N–H and O–H groups in total. The average Bonchev–Trinajstić information content (AvgIpc) is 2.82. The standard InChI is InChI=1S/C22H19N3O2.C2HF3O2/c26-22(27)16-8-9-17-19-14-23-12-10-18(19)21(25-20(17)13-16)24-11-4-7-15-5-2-1-3-6-15;3-2(4,5)1(6)7/h1-3,5-6,8-10,12-14H,4,7,11H2,(H,24,25)(H,26,27);(H,6,7). The topological polar surface area (TPSA) is 112 Å². The van der Waals surface area contributed by atoms with Crippen LogP contribution in [0.1, 0.15) is 22.3 Å². The number of aryl methyl sites for hydroxylation is 1. The van der Waals surface area contributed by atoms with E-state index in [1.807, 2.05) is 24.3 Å². The van der Waals surface area contributed by atoms with E-state index in [2.05, 4.69) is 27.4 Å². The van der Waals surface area contributed by atoms with Crippen LogP contribution in [0.3, 0.4) is 0 Å². The van der Waals surface area contributed by atoms with Gasteiger partial charge in [0.15, 0.2) is 0 Å². The molecule has 0 aliphatic carbocycles. The highest BCUT2D eigenvalue weighted by Gasteiger charge is 2.38. The molecule has 0 aliphatic rings. The zero-order valence-electron chi connectivity index (χ0n) is 17.7. The van der Waals surface area contributed by atoms with Crippen LogP contribution >= 0.6 is 0 Å². The molecular formula is C24H20F3N3O4. The zero-order valence-corrected chi connectivity index (χ0v) is 17.7. The van der Waals surface area contributed by atoms with Gasteiger partial charge in [0.1, 0.15) is 5.82 Å². The number of halogens is 3. The molecule has 7 nitrogen and oxygen atoms in total. The summed E-state index contributed by atoms with van der Waals surface area (Å²) in [5, 5.41) is 22.6. The minimum atomic E-state index is -5.08. The number of benzene rings is 2. The summed E-state index contributed by atoms with van der Waals surface area (Å²) < 4.78 is 31.7. The Labute approximate surface area is 191 Å². The van der Waals surface area contributed by atoms with Gasteiger partial charge in [-0.2, -0.15) is 13.2 Å². The number of aliphatic carboxylic acids is 1. The number of hydrogen-bond donors (Lipinski definition) is 3. The molecule has 2 aromatic carbocycles. The number of fused-ring (bicyclic) bond motifs is 3. The van der Waals surface area contributed by atoms with Crippen LogP contribution in [0, 0.1) is 0 Å². The van der Waals surface area contributed by atoms with Gasteiger partial charge in [-0.15, -0.1) is 0 Å². The average molecular weight is 471 g/mol. The molecule has 0 unspecified atom stereocenters. The molecule has 2 aromatic heterocycles. The van der Waals surface area contributed by atoms with Crippen molar-refractivity contribution in [1.82, 2.24) is 9.97 Å². The van der Waals surface area contributed by atoms with Crippen molar-refractivity contribution in [2.24, 2.45) is 0 Å². The van der Waals surface area contributed by atoms with Crippen LogP contribution in [0.2, 0.25) is 0 Å². The maximum absolute atomic E-state index is 11.3. The molecule has 4 rings (SSSR count). The van der Waals surface area contributed by atoms with Crippen LogP contribution in [-0.4, -0.2) is 44.8 Å². The summed E-state index contributed by atoms with van der Waals surface area (Å²) in [6, 6.07) is 17.3. The van der Waals surface area contributed by atoms with Crippen molar-refractivity contribution in [3.8, 4) is 0 Å². The summed E-state index contributed by atoms with van der Waals surface area (Å²) in [6.07, 6.45) is 0.432. The fourth-order valence-electron chi connectivity index (χ4n) is 3.26. The Hall–Kier alpha value is -4.21. The van der Waals surface area contributed by atoms with Gasteiger partial charge >= 0.3 is 18.1 Å². The van der Waals surface area contributed by atoms with Gasteiger partial charge in [0.2, 0.25) is 0 Å². The fraction of sp³-hybridized carbons (Fsp3) is 0.167. The second-order valence-corrected chi connectivity index (χ2v) is 7.24. The lowest BCUT2D eigenvalue weighted by Crippen LogP contribution is -2.21. The smallest absolute Gasteiger partial charge is 0.478 e. The van der Waals surface area contributed by atoms with Crippen LogP contribution in [0.25, 0.3) is 21.7 Å². The van der Waals surface area contributed by atoms with Crippen LogP contribution in [0.15, 0.2) is 67.0 Å². The highest BCUT2D eigenvalue weighted by Crippen LogP contribution is 2.29. The van der Waals surface area contributed by atoms with Gasteiger partial charge in [0.05, 0.1) is 11.1 Å². The second-order valence-electron chi connectivity index (χ2n) is 7.24. The lowest BCUT2D eigenvalue weighted by Gasteiger charge is -2.12. The van der Waals surface area contributed by atoms with Gasteiger partial charge in [0.25, 0.3) is 0 Å². The SMILES string of the molecule is O=C(O)C(F)(F)F.O=C(O)c1ccc2c(c1)nc(NCCCc1ccccc1)c1ccncc12. The van der Waals surface area contributed by atoms with E-state index in [-0.39, 0.29) is 5.56 Å². The third kappa shape index (κ3) is 6.18. The quantitative estimate of drug-likeness (QED) is 0.263. The van der Waals surface area contributed by atoms with Gasteiger partial charge in [-0.05, 0) is 36.6 Å². The van der Waals surface area contributed by atoms with Crippen molar-refractivity contribution in [3.63, 3.8) is 0 Å². The van der Waals surface area contributed by atoms with E-state index in [1.54, 1.807) is 30.6 Å². The van der Waals surface area contributed by atoms with Gasteiger partial charge in [0, 0.05) is 35.1 Å². The van der Waals surface area contributed by atoms with E-state index in [0.717, 1.165) is 41.4 Å². The highest BCUT2D eigenvalue weighted by atomic mass is 19.4. The van der Waals surface area contributed by atoms with E-state index in [4.69, 9.17) is 9.90 Å². The molecule has 34 heavy (non-hydrogen) atoms. The normalized spacial score (nSPS) is 11.0. The Morgan fingerprint density at radius 2 is 1.65 bits per heavy atom. The number of nitrogens with zero attached hydrogens (tertiary/aromatic N) is 2. The van der Waals surface area contributed by atoms with Crippen LogP contribution in [0.4, 0.5) is 19.0 Å². The summed E-state index contributed by atoms with van der Waals surface area (Å²) in [4.78, 5) is 29.1. The molecule has 10 heteroatoms. The summed E-state index contributed by atoms with van der Waals surface area (Å²) >= 11 is 0. The number of nitrogens with one attached hydrogen (secondary N) is 1. The van der Waals surface area contributed by atoms with Crippen LogP contribution < -0.4 is 5.32 Å². The largest absolute Gasteiger partial charge is 0.490 e. The molecule has 4 aromatic rings. The summed E-state index contributed by atoms with van der Waals surface area (Å²) in [5.74, 6) is -2.95. The number of carboxylic acid groups (broad SMARTS) is 2. The van der Waals surface area contributed by atoms with Crippen molar-refractivity contribution in [1.29, 1.82) is 0 Å². The first-order chi connectivity index (χ1) is 16.2. The van der Waals surface area contributed by atoms with Gasteiger partial charge in [-0.1, -0.05) is 36.4 Å². The Kier molecular flexibility index (Phi) is 7.62. The number of aromatic nitrogens is 2. The minimum Gasteiger partial charge on any atom is -0.478 e. The number of anilines is 1. The molecule has 0 aliphatic heterocycles. The number of carboxylic acids is 2. The van der Waals surface area contributed by atoms with E-state index >= 15 is 0 Å². The third-order valence-corrected chi connectivity index (χ3v) is 4.86. The number of carbonyl (C=O) groups is 2. The number of rotatable bonds is 6. The van der Waals surface area contributed by atoms with Crippen LogP contribution in [-0.2, 0) is 11.2 Å². The maximum Gasteiger partial charge on any atom is 0.490 e. The van der Waals surface area contributed by atoms with E-state index < -0.39 is 18.1 Å². The molecule has 176 valence electrons. The van der Waals surface area contributed by atoms with E-state index in [9.17, 15) is 23.1 Å². The first-order valence-corrected chi connectivity index (χ1v) is 10.2. The first kappa shape index (κ1) is 24.4. The van der Waals surface area contributed by atoms with Crippen LogP contribution in [0.5, 0.6) is 0 Å². The van der Waals surface area contributed by atoms with Gasteiger partial charge in [-0.25, -0.2) is 14.6 Å². The molecule has 0 fully saturated rings. The molecule has 0 atom stereocenters. The third-order valence-electron chi connectivity index (χ3n) is 4.86. The molecule has 0 radical (unpaired) electrons. The second kappa shape index (κ2) is 10.6. The zero-order chi connectivity index (χ0) is 24.7. The van der Waals surface area contributed by atoms with Crippen molar-refractivity contribution >= 4 is 39.4 Å². The Morgan fingerprint density at radius 3 is 2.29 bits per heavy atom. The molecule has 0 saturated carbocycles. The lowest BCUT2D eigenvalue weighted by molar-refractivity contribution is -0.192. The monoisotopic (exact) mass is 471 g/mol.